The Morgan fingerprint density at radius 2 is 2.19 bits per heavy atom. The van der Waals surface area contributed by atoms with Crippen molar-refractivity contribution in [3.05, 3.63) is 21.9 Å². The van der Waals surface area contributed by atoms with Crippen LogP contribution in [0.2, 0.25) is 0 Å². The van der Waals surface area contributed by atoms with E-state index in [9.17, 15) is 0 Å². The third kappa shape index (κ3) is 2.17. The molecule has 1 atom stereocenters. The minimum absolute atomic E-state index is 0.0416. The summed E-state index contributed by atoms with van der Waals surface area (Å²) in [5, 5.41) is 2.18. The molecule has 1 aliphatic rings. The molecular weight excluding hydrogens is 218 g/mol. The van der Waals surface area contributed by atoms with E-state index in [1.807, 2.05) is 0 Å². The number of aryl methyl sites for hydroxylation is 1. The molecule has 2 nitrogen and oxygen atoms in total. The molecule has 1 aliphatic carbocycles. The molecule has 16 heavy (non-hydrogen) atoms. The molecule has 1 aromatic heterocycles. The number of thiophene rings is 1. The first-order valence-electron chi connectivity index (χ1n) is 6.12. The van der Waals surface area contributed by atoms with Gasteiger partial charge in [0.1, 0.15) is 0 Å². The number of hydrogen-bond donors (Lipinski definition) is 1. The van der Waals surface area contributed by atoms with Crippen LogP contribution in [-0.2, 0) is 4.74 Å². The fraction of sp³-hybridized carbons (Fsp3) is 0.692. The Balaban J connectivity index is 2.20. The van der Waals surface area contributed by atoms with Crippen LogP contribution in [0.15, 0.2) is 11.4 Å². The normalized spacial score (nSPS) is 21.2. The van der Waals surface area contributed by atoms with E-state index in [0.29, 0.717) is 0 Å². The van der Waals surface area contributed by atoms with Gasteiger partial charge >= 0.3 is 0 Å². The Labute approximate surface area is 102 Å². The summed E-state index contributed by atoms with van der Waals surface area (Å²) < 4.78 is 6.00. The minimum atomic E-state index is -0.0950. The molecule has 0 radical (unpaired) electrons. The summed E-state index contributed by atoms with van der Waals surface area (Å²) in [4.78, 5) is 1.33. The Bertz CT molecular complexity index is 341. The van der Waals surface area contributed by atoms with Crippen molar-refractivity contribution in [3.8, 4) is 0 Å². The van der Waals surface area contributed by atoms with Crippen molar-refractivity contribution in [2.45, 2.75) is 51.2 Å². The van der Waals surface area contributed by atoms with Crippen LogP contribution in [0.25, 0.3) is 0 Å². The second-order valence-electron chi connectivity index (χ2n) is 4.67. The summed E-state index contributed by atoms with van der Waals surface area (Å²) in [6, 6.07) is 2.24. The predicted molar refractivity (Wildman–Crippen MR) is 68.8 cm³/mol. The summed E-state index contributed by atoms with van der Waals surface area (Å²) in [5.74, 6) is 0. The van der Waals surface area contributed by atoms with Gasteiger partial charge in [0.05, 0.1) is 11.6 Å². The van der Waals surface area contributed by atoms with Crippen molar-refractivity contribution in [2.75, 3.05) is 6.61 Å². The van der Waals surface area contributed by atoms with Crippen LogP contribution in [0.5, 0.6) is 0 Å². The van der Waals surface area contributed by atoms with E-state index >= 15 is 0 Å². The van der Waals surface area contributed by atoms with Crippen LogP contribution in [-0.4, -0.2) is 12.2 Å². The lowest BCUT2D eigenvalue weighted by atomic mass is 9.88. The van der Waals surface area contributed by atoms with Gasteiger partial charge in [-0.05, 0) is 43.7 Å². The highest BCUT2D eigenvalue weighted by molar-refractivity contribution is 7.10. The van der Waals surface area contributed by atoms with Crippen molar-refractivity contribution < 1.29 is 4.74 Å². The van der Waals surface area contributed by atoms with E-state index in [1.165, 1.54) is 23.3 Å². The summed E-state index contributed by atoms with van der Waals surface area (Å²) in [7, 11) is 0. The number of nitrogens with two attached hydrogens (primary N) is 1. The molecule has 90 valence electrons. The molecule has 1 aromatic rings. The monoisotopic (exact) mass is 239 g/mol. The highest BCUT2D eigenvalue weighted by atomic mass is 32.1. The topological polar surface area (TPSA) is 35.2 Å². The third-order valence-electron chi connectivity index (χ3n) is 3.56. The van der Waals surface area contributed by atoms with E-state index in [-0.39, 0.29) is 11.6 Å². The van der Waals surface area contributed by atoms with Crippen LogP contribution in [0.1, 0.15) is 49.1 Å². The predicted octanol–water partition coefficient (Wildman–Crippen LogP) is 3.41. The van der Waals surface area contributed by atoms with Crippen molar-refractivity contribution in [1.82, 2.24) is 0 Å². The molecule has 1 saturated carbocycles. The number of hydrogen-bond acceptors (Lipinski definition) is 3. The summed E-state index contributed by atoms with van der Waals surface area (Å²) >= 11 is 1.77. The zero-order chi connectivity index (χ0) is 11.6. The van der Waals surface area contributed by atoms with E-state index < -0.39 is 0 Å². The summed E-state index contributed by atoms with van der Waals surface area (Å²) in [6.45, 7) is 4.95. The fourth-order valence-corrected chi connectivity index (χ4v) is 3.48. The van der Waals surface area contributed by atoms with Gasteiger partial charge in [-0.3, -0.25) is 0 Å². The summed E-state index contributed by atoms with van der Waals surface area (Å²) in [5.41, 5.74) is 7.57. The second kappa shape index (κ2) is 4.86. The molecule has 1 heterocycles. The van der Waals surface area contributed by atoms with E-state index in [0.717, 1.165) is 19.4 Å². The fourth-order valence-electron chi connectivity index (χ4n) is 2.74. The van der Waals surface area contributed by atoms with E-state index in [2.05, 4.69) is 25.3 Å². The van der Waals surface area contributed by atoms with Gasteiger partial charge in [0.2, 0.25) is 0 Å². The lowest BCUT2D eigenvalue weighted by molar-refractivity contribution is -0.0535. The maximum Gasteiger partial charge on any atom is 0.0874 e. The molecule has 0 amide bonds. The van der Waals surface area contributed by atoms with Crippen LogP contribution in [0.4, 0.5) is 0 Å². The van der Waals surface area contributed by atoms with Gasteiger partial charge in [0, 0.05) is 11.5 Å². The Morgan fingerprint density at radius 3 is 2.69 bits per heavy atom. The SMILES string of the molecule is CCOC1(C(N)c2csc(C)c2)CCCC1. The highest BCUT2D eigenvalue weighted by Crippen LogP contribution is 2.42. The Morgan fingerprint density at radius 1 is 1.50 bits per heavy atom. The van der Waals surface area contributed by atoms with Gasteiger partial charge in [-0.15, -0.1) is 11.3 Å². The first-order valence-corrected chi connectivity index (χ1v) is 7.00. The highest BCUT2D eigenvalue weighted by Gasteiger charge is 2.41. The molecule has 2 N–H and O–H groups in total. The largest absolute Gasteiger partial charge is 0.373 e. The maximum atomic E-state index is 6.42. The zero-order valence-corrected chi connectivity index (χ0v) is 11.0. The molecular formula is C13H21NOS. The van der Waals surface area contributed by atoms with Crippen LogP contribution >= 0.6 is 11.3 Å². The minimum Gasteiger partial charge on any atom is -0.373 e. The van der Waals surface area contributed by atoms with Crippen molar-refractivity contribution in [3.63, 3.8) is 0 Å². The van der Waals surface area contributed by atoms with E-state index in [4.69, 9.17) is 10.5 Å². The maximum absolute atomic E-state index is 6.42. The van der Waals surface area contributed by atoms with Gasteiger partial charge in [-0.25, -0.2) is 0 Å². The Kier molecular flexibility index (Phi) is 3.67. The van der Waals surface area contributed by atoms with Crippen LogP contribution < -0.4 is 5.73 Å². The lowest BCUT2D eigenvalue weighted by Gasteiger charge is -2.34. The van der Waals surface area contributed by atoms with E-state index in [1.54, 1.807) is 11.3 Å². The Hall–Kier alpha value is -0.380. The van der Waals surface area contributed by atoms with Crippen molar-refractivity contribution in [1.29, 1.82) is 0 Å². The second-order valence-corrected chi connectivity index (χ2v) is 5.79. The van der Waals surface area contributed by atoms with Gasteiger partial charge in [-0.1, -0.05) is 12.8 Å². The lowest BCUT2D eigenvalue weighted by Crippen LogP contribution is -2.41. The average Bonchev–Trinajstić information content (AvgIpc) is 2.87. The molecule has 1 fully saturated rings. The first kappa shape index (κ1) is 12.1. The third-order valence-corrected chi connectivity index (χ3v) is 4.44. The molecule has 0 aliphatic heterocycles. The van der Waals surface area contributed by atoms with Gasteiger partial charge in [-0.2, -0.15) is 0 Å². The van der Waals surface area contributed by atoms with Crippen LogP contribution in [0, 0.1) is 6.92 Å². The number of rotatable bonds is 4. The molecule has 0 bridgehead atoms. The van der Waals surface area contributed by atoms with Gasteiger partial charge in [0.15, 0.2) is 0 Å². The average molecular weight is 239 g/mol. The zero-order valence-electron chi connectivity index (χ0n) is 10.2. The molecule has 0 spiro atoms. The van der Waals surface area contributed by atoms with Crippen molar-refractivity contribution in [2.24, 2.45) is 5.73 Å². The van der Waals surface area contributed by atoms with Gasteiger partial charge < -0.3 is 10.5 Å². The molecule has 3 heteroatoms. The molecule has 2 rings (SSSR count). The quantitative estimate of drug-likeness (QED) is 0.874. The summed E-state index contributed by atoms with van der Waals surface area (Å²) in [6.07, 6.45) is 4.71. The molecule has 0 aromatic carbocycles. The molecule has 1 unspecified atom stereocenters. The van der Waals surface area contributed by atoms with Gasteiger partial charge in [0.25, 0.3) is 0 Å². The molecule has 0 saturated heterocycles. The van der Waals surface area contributed by atoms with Crippen LogP contribution in [0.3, 0.4) is 0 Å². The first-order chi connectivity index (χ1) is 7.68. The van der Waals surface area contributed by atoms with Crippen molar-refractivity contribution >= 4 is 11.3 Å². The smallest absolute Gasteiger partial charge is 0.0874 e. The number of ether oxygens (including phenoxy) is 1. The standard InChI is InChI=1S/C13H21NOS/c1-3-15-13(6-4-5-7-13)12(14)11-8-10(2)16-9-11/h8-9,12H,3-7,14H2,1-2H3.